The Labute approximate surface area is 125 Å². The molecule has 0 aliphatic heterocycles. The van der Waals surface area contributed by atoms with Crippen LogP contribution < -0.4 is 0 Å². The van der Waals surface area contributed by atoms with Gasteiger partial charge in [0.25, 0.3) is 0 Å². The van der Waals surface area contributed by atoms with Gasteiger partial charge in [0.1, 0.15) is 0 Å². The van der Waals surface area contributed by atoms with E-state index in [-0.39, 0.29) is 0 Å². The standard InChI is InChI=1S/C20H28/c1-3-5-6-18-11-13-20(14-12-18)16-15-19-9-7-17(4-2)8-10-19/h2,7-10,18,20H,3,5-6,11-16H2,1H3/t18-,20-. The summed E-state index contributed by atoms with van der Waals surface area (Å²) in [6, 6.07) is 8.53. The average molecular weight is 268 g/mol. The molecule has 0 N–H and O–H groups in total. The number of unbranched alkanes of at least 4 members (excludes halogenated alkanes) is 1. The Hall–Kier alpha value is -1.22. The van der Waals surface area contributed by atoms with Gasteiger partial charge in [-0.2, -0.15) is 0 Å². The van der Waals surface area contributed by atoms with Crippen molar-refractivity contribution in [3.05, 3.63) is 35.4 Å². The molecule has 1 aliphatic carbocycles. The van der Waals surface area contributed by atoms with Gasteiger partial charge in [-0.3, -0.25) is 0 Å². The Kier molecular flexibility index (Phi) is 6.19. The van der Waals surface area contributed by atoms with Crippen molar-refractivity contribution in [1.29, 1.82) is 0 Å². The maximum Gasteiger partial charge on any atom is 0.0242 e. The summed E-state index contributed by atoms with van der Waals surface area (Å²) in [6.07, 6.45) is 18.1. The molecule has 0 atom stereocenters. The number of terminal acetylenes is 1. The maximum absolute atomic E-state index is 5.39. The van der Waals surface area contributed by atoms with E-state index in [1.807, 2.05) is 0 Å². The van der Waals surface area contributed by atoms with E-state index in [4.69, 9.17) is 6.42 Å². The van der Waals surface area contributed by atoms with E-state index in [2.05, 4.69) is 37.1 Å². The summed E-state index contributed by atoms with van der Waals surface area (Å²) in [5.74, 6) is 4.67. The van der Waals surface area contributed by atoms with E-state index >= 15 is 0 Å². The lowest BCUT2D eigenvalue weighted by molar-refractivity contribution is 0.250. The van der Waals surface area contributed by atoms with Crippen molar-refractivity contribution in [2.45, 2.75) is 64.7 Å². The van der Waals surface area contributed by atoms with Crippen LogP contribution in [-0.4, -0.2) is 0 Å². The van der Waals surface area contributed by atoms with Crippen LogP contribution in [0, 0.1) is 24.2 Å². The van der Waals surface area contributed by atoms with Crippen molar-refractivity contribution in [3.63, 3.8) is 0 Å². The fourth-order valence-corrected chi connectivity index (χ4v) is 3.44. The molecule has 1 aromatic carbocycles. The molecule has 0 heteroatoms. The van der Waals surface area contributed by atoms with Crippen LogP contribution in [0.4, 0.5) is 0 Å². The van der Waals surface area contributed by atoms with Crippen molar-refractivity contribution >= 4 is 0 Å². The minimum Gasteiger partial charge on any atom is -0.115 e. The van der Waals surface area contributed by atoms with Gasteiger partial charge in [-0.15, -0.1) is 6.42 Å². The molecule has 0 radical (unpaired) electrons. The minimum atomic E-state index is 0.959. The molecule has 0 unspecified atom stereocenters. The topological polar surface area (TPSA) is 0 Å². The molecule has 0 nitrogen and oxygen atoms in total. The van der Waals surface area contributed by atoms with Crippen LogP contribution in [-0.2, 0) is 6.42 Å². The predicted octanol–water partition coefficient (Wildman–Crippen LogP) is 5.60. The molecule has 20 heavy (non-hydrogen) atoms. The quantitative estimate of drug-likeness (QED) is 0.589. The number of hydrogen-bond donors (Lipinski definition) is 0. The highest BCUT2D eigenvalue weighted by Gasteiger charge is 2.20. The van der Waals surface area contributed by atoms with E-state index in [0.717, 1.165) is 17.4 Å². The van der Waals surface area contributed by atoms with E-state index in [9.17, 15) is 0 Å². The molecule has 0 aromatic heterocycles. The van der Waals surface area contributed by atoms with E-state index in [0.29, 0.717) is 0 Å². The van der Waals surface area contributed by atoms with Crippen LogP contribution >= 0.6 is 0 Å². The van der Waals surface area contributed by atoms with Gasteiger partial charge < -0.3 is 0 Å². The summed E-state index contributed by atoms with van der Waals surface area (Å²) in [5, 5.41) is 0. The van der Waals surface area contributed by atoms with Crippen LogP contribution in [0.5, 0.6) is 0 Å². The summed E-state index contributed by atoms with van der Waals surface area (Å²) in [4.78, 5) is 0. The smallest absolute Gasteiger partial charge is 0.0242 e. The number of aryl methyl sites for hydroxylation is 1. The van der Waals surface area contributed by atoms with Crippen molar-refractivity contribution in [3.8, 4) is 12.3 Å². The van der Waals surface area contributed by atoms with Crippen LogP contribution in [0.25, 0.3) is 0 Å². The molecule has 2 rings (SSSR count). The highest BCUT2D eigenvalue weighted by atomic mass is 14.3. The van der Waals surface area contributed by atoms with Crippen LogP contribution in [0.3, 0.4) is 0 Å². The van der Waals surface area contributed by atoms with Gasteiger partial charge in [-0.25, -0.2) is 0 Å². The Morgan fingerprint density at radius 3 is 2.15 bits per heavy atom. The Morgan fingerprint density at radius 1 is 1.00 bits per heavy atom. The van der Waals surface area contributed by atoms with Gasteiger partial charge in [-0.05, 0) is 42.4 Å². The Bertz CT molecular complexity index is 412. The first-order valence-electron chi connectivity index (χ1n) is 8.37. The molecule has 0 spiro atoms. The summed E-state index contributed by atoms with van der Waals surface area (Å²) in [7, 11) is 0. The molecule has 0 saturated heterocycles. The predicted molar refractivity (Wildman–Crippen MR) is 87.7 cm³/mol. The van der Waals surface area contributed by atoms with Crippen LogP contribution in [0.1, 0.15) is 69.4 Å². The molecule has 1 saturated carbocycles. The van der Waals surface area contributed by atoms with Gasteiger partial charge in [0, 0.05) is 5.56 Å². The second kappa shape index (κ2) is 8.15. The number of hydrogen-bond acceptors (Lipinski definition) is 0. The Balaban J connectivity index is 1.69. The van der Waals surface area contributed by atoms with Gasteiger partial charge >= 0.3 is 0 Å². The highest BCUT2D eigenvalue weighted by molar-refractivity contribution is 5.34. The number of benzene rings is 1. The van der Waals surface area contributed by atoms with E-state index in [1.54, 1.807) is 0 Å². The molecule has 0 heterocycles. The lowest BCUT2D eigenvalue weighted by Gasteiger charge is -2.28. The zero-order chi connectivity index (χ0) is 14.2. The molecule has 1 fully saturated rings. The third kappa shape index (κ3) is 4.71. The third-order valence-electron chi connectivity index (χ3n) is 4.89. The maximum atomic E-state index is 5.39. The minimum absolute atomic E-state index is 0.959. The average Bonchev–Trinajstić information content (AvgIpc) is 2.52. The molecular formula is C20H28. The molecule has 0 amide bonds. The van der Waals surface area contributed by atoms with Gasteiger partial charge in [0.15, 0.2) is 0 Å². The summed E-state index contributed by atoms with van der Waals surface area (Å²) < 4.78 is 0. The SMILES string of the molecule is C#Cc1ccc(CC[C@H]2CC[C@H](CCCC)CC2)cc1. The van der Waals surface area contributed by atoms with Crippen molar-refractivity contribution in [1.82, 2.24) is 0 Å². The zero-order valence-electron chi connectivity index (χ0n) is 12.9. The van der Waals surface area contributed by atoms with Gasteiger partial charge in [0.05, 0.1) is 0 Å². The normalized spacial score (nSPS) is 22.4. The van der Waals surface area contributed by atoms with Crippen molar-refractivity contribution in [2.24, 2.45) is 11.8 Å². The number of rotatable bonds is 6. The second-order valence-corrected chi connectivity index (χ2v) is 6.41. The lowest BCUT2D eigenvalue weighted by Crippen LogP contribution is -2.15. The van der Waals surface area contributed by atoms with Crippen molar-refractivity contribution in [2.75, 3.05) is 0 Å². The zero-order valence-corrected chi connectivity index (χ0v) is 12.9. The van der Waals surface area contributed by atoms with Gasteiger partial charge in [0.2, 0.25) is 0 Å². The first kappa shape index (κ1) is 15.2. The van der Waals surface area contributed by atoms with E-state index in [1.165, 1.54) is 63.4 Å². The van der Waals surface area contributed by atoms with Crippen molar-refractivity contribution < 1.29 is 0 Å². The molecule has 1 aromatic rings. The first-order chi connectivity index (χ1) is 9.81. The molecule has 0 bridgehead atoms. The lowest BCUT2D eigenvalue weighted by atomic mass is 9.78. The third-order valence-corrected chi connectivity index (χ3v) is 4.89. The summed E-state index contributed by atoms with van der Waals surface area (Å²) in [6.45, 7) is 2.30. The van der Waals surface area contributed by atoms with Crippen LogP contribution in [0.15, 0.2) is 24.3 Å². The first-order valence-corrected chi connectivity index (χ1v) is 8.37. The fourth-order valence-electron chi connectivity index (χ4n) is 3.44. The largest absolute Gasteiger partial charge is 0.115 e. The second-order valence-electron chi connectivity index (χ2n) is 6.41. The monoisotopic (exact) mass is 268 g/mol. The summed E-state index contributed by atoms with van der Waals surface area (Å²) >= 11 is 0. The van der Waals surface area contributed by atoms with Crippen LogP contribution in [0.2, 0.25) is 0 Å². The molecule has 1 aliphatic rings. The highest BCUT2D eigenvalue weighted by Crippen LogP contribution is 2.34. The van der Waals surface area contributed by atoms with Gasteiger partial charge in [-0.1, -0.05) is 69.9 Å². The molecule has 108 valence electrons. The molecular weight excluding hydrogens is 240 g/mol. The van der Waals surface area contributed by atoms with E-state index < -0.39 is 0 Å². The fraction of sp³-hybridized carbons (Fsp3) is 0.600. The summed E-state index contributed by atoms with van der Waals surface area (Å²) in [5.41, 5.74) is 2.43. The Morgan fingerprint density at radius 2 is 1.60 bits per heavy atom.